The monoisotopic (exact) mass is 472 g/mol. The standard InChI is InChI=1S/C23H22Cl2N4O3/c1-32-22(30)18(12-14-6-3-2-4-7-14)28-23(31)29-11-10-17-20(27-13-26-17)21(29)15-8-5-9-16(24)19(15)25/h2-9,13,18,21H,10-12H2,1H3,(H,26,27)(H,28,31)/t18-,21+/m1/s1. The van der Waals surface area contributed by atoms with Crippen molar-refractivity contribution in [3.8, 4) is 0 Å². The maximum atomic E-state index is 13.4. The second-order valence-electron chi connectivity index (χ2n) is 7.47. The fraction of sp³-hybridized carbons (Fsp3) is 0.261. The van der Waals surface area contributed by atoms with Crippen molar-refractivity contribution >= 4 is 35.2 Å². The van der Waals surface area contributed by atoms with Gasteiger partial charge in [-0.1, -0.05) is 65.7 Å². The summed E-state index contributed by atoms with van der Waals surface area (Å²) in [6.07, 6.45) is 2.51. The molecule has 4 rings (SSSR count). The van der Waals surface area contributed by atoms with E-state index in [1.54, 1.807) is 23.4 Å². The number of aromatic nitrogens is 2. The molecular weight excluding hydrogens is 451 g/mol. The summed E-state index contributed by atoms with van der Waals surface area (Å²) in [7, 11) is 1.30. The second kappa shape index (κ2) is 9.63. The quantitative estimate of drug-likeness (QED) is 0.545. The van der Waals surface area contributed by atoms with Crippen LogP contribution < -0.4 is 5.32 Å². The van der Waals surface area contributed by atoms with E-state index in [1.165, 1.54) is 7.11 Å². The predicted octanol–water partition coefficient (Wildman–Crippen LogP) is 4.16. The summed E-state index contributed by atoms with van der Waals surface area (Å²) in [6.45, 7) is 0.410. The number of imidazole rings is 1. The number of nitrogens with zero attached hydrogens (tertiary/aromatic N) is 2. The lowest BCUT2D eigenvalue weighted by molar-refractivity contribution is -0.142. The summed E-state index contributed by atoms with van der Waals surface area (Å²) in [5, 5.41) is 3.60. The molecule has 0 saturated carbocycles. The van der Waals surface area contributed by atoms with E-state index in [4.69, 9.17) is 27.9 Å². The number of fused-ring (bicyclic) bond motifs is 1. The Hall–Kier alpha value is -3.03. The third-order valence-corrected chi connectivity index (χ3v) is 6.36. The number of H-pyrrole nitrogens is 1. The Kier molecular flexibility index (Phi) is 6.67. The number of methoxy groups -OCH3 is 1. The molecule has 2 aromatic carbocycles. The second-order valence-corrected chi connectivity index (χ2v) is 8.26. The zero-order chi connectivity index (χ0) is 22.7. The number of ether oxygens (including phenoxy) is 1. The van der Waals surface area contributed by atoms with Gasteiger partial charge in [0, 0.05) is 30.6 Å². The average molecular weight is 473 g/mol. The molecule has 2 atom stereocenters. The highest BCUT2D eigenvalue weighted by Gasteiger charge is 2.37. The van der Waals surface area contributed by atoms with E-state index in [0.29, 0.717) is 40.7 Å². The third kappa shape index (κ3) is 4.45. The topological polar surface area (TPSA) is 87.3 Å². The van der Waals surface area contributed by atoms with Gasteiger partial charge >= 0.3 is 12.0 Å². The summed E-state index contributed by atoms with van der Waals surface area (Å²) < 4.78 is 4.93. The number of esters is 1. The minimum absolute atomic E-state index is 0.309. The van der Waals surface area contributed by atoms with Gasteiger partial charge in [0.15, 0.2) is 0 Å². The lowest BCUT2D eigenvalue weighted by atomic mass is 9.95. The summed E-state index contributed by atoms with van der Waals surface area (Å²) in [4.78, 5) is 35.1. The molecule has 2 N–H and O–H groups in total. The molecule has 0 spiro atoms. The van der Waals surface area contributed by atoms with Crippen molar-refractivity contribution in [3.63, 3.8) is 0 Å². The van der Waals surface area contributed by atoms with E-state index in [-0.39, 0.29) is 0 Å². The van der Waals surface area contributed by atoms with Gasteiger partial charge in [-0.2, -0.15) is 0 Å². The highest BCUT2D eigenvalue weighted by atomic mass is 35.5. The van der Waals surface area contributed by atoms with Gasteiger partial charge in [-0.05, 0) is 11.6 Å². The number of rotatable bonds is 5. The molecule has 1 aliphatic rings. The van der Waals surface area contributed by atoms with Gasteiger partial charge in [-0.25, -0.2) is 14.6 Å². The average Bonchev–Trinajstić information content (AvgIpc) is 3.29. The number of carbonyl (C=O) groups excluding carboxylic acids is 2. The minimum Gasteiger partial charge on any atom is -0.467 e. The summed E-state index contributed by atoms with van der Waals surface area (Å²) in [6, 6.07) is 12.9. The number of nitrogens with one attached hydrogen (secondary N) is 2. The Balaban J connectivity index is 1.64. The molecule has 2 heterocycles. The van der Waals surface area contributed by atoms with Crippen LogP contribution in [-0.2, 0) is 22.4 Å². The van der Waals surface area contributed by atoms with Crippen molar-refractivity contribution in [1.82, 2.24) is 20.2 Å². The van der Waals surface area contributed by atoms with Crippen molar-refractivity contribution in [1.29, 1.82) is 0 Å². The van der Waals surface area contributed by atoms with Crippen molar-refractivity contribution in [2.24, 2.45) is 0 Å². The first kappa shape index (κ1) is 22.2. The van der Waals surface area contributed by atoms with Crippen LogP contribution in [0.1, 0.15) is 28.6 Å². The zero-order valence-corrected chi connectivity index (χ0v) is 18.9. The number of benzene rings is 2. The molecule has 0 radical (unpaired) electrons. The van der Waals surface area contributed by atoms with Gasteiger partial charge in [-0.3, -0.25) is 0 Å². The molecule has 9 heteroatoms. The van der Waals surface area contributed by atoms with Crippen LogP contribution in [-0.4, -0.2) is 46.6 Å². The summed E-state index contributed by atoms with van der Waals surface area (Å²) >= 11 is 12.8. The van der Waals surface area contributed by atoms with Crippen molar-refractivity contribution < 1.29 is 14.3 Å². The van der Waals surface area contributed by atoms with E-state index in [0.717, 1.165) is 11.3 Å². The van der Waals surface area contributed by atoms with E-state index in [9.17, 15) is 9.59 Å². The predicted molar refractivity (Wildman–Crippen MR) is 122 cm³/mol. The summed E-state index contributed by atoms with van der Waals surface area (Å²) in [5.74, 6) is -0.517. The first-order valence-corrected chi connectivity index (χ1v) is 10.9. The molecule has 0 saturated heterocycles. The number of carbonyl (C=O) groups is 2. The Bertz CT molecular complexity index is 1120. The number of aromatic amines is 1. The van der Waals surface area contributed by atoms with Gasteiger partial charge in [-0.15, -0.1) is 0 Å². The van der Waals surface area contributed by atoms with Gasteiger partial charge in [0.2, 0.25) is 0 Å². The fourth-order valence-electron chi connectivity index (χ4n) is 3.96. The molecule has 0 fully saturated rings. The molecular formula is C23H22Cl2N4O3. The molecule has 32 heavy (non-hydrogen) atoms. The zero-order valence-electron chi connectivity index (χ0n) is 17.3. The van der Waals surface area contributed by atoms with E-state index in [2.05, 4.69) is 15.3 Å². The van der Waals surface area contributed by atoms with Gasteiger partial charge in [0.25, 0.3) is 0 Å². The molecule has 7 nitrogen and oxygen atoms in total. The Labute approximate surface area is 195 Å². The van der Waals surface area contributed by atoms with Gasteiger partial charge < -0.3 is 19.9 Å². The molecule has 0 aliphatic carbocycles. The Morgan fingerprint density at radius 2 is 2.00 bits per heavy atom. The maximum Gasteiger partial charge on any atom is 0.328 e. The van der Waals surface area contributed by atoms with Crippen LogP contribution in [0.15, 0.2) is 54.9 Å². The molecule has 2 amide bonds. The van der Waals surface area contributed by atoms with Crippen molar-refractivity contribution in [2.45, 2.75) is 24.9 Å². The number of hydrogen-bond acceptors (Lipinski definition) is 4. The highest BCUT2D eigenvalue weighted by molar-refractivity contribution is 6.42. The SMILES string of the molecule is COC(=O)[C@@H](Cc1ccccc1)NC(=O)N1CCc2[nH]cnc2[C@@H]1c1cccc(Cl)c1Cl. The van der Waals surface area contributed by atoms with Crippen molar-refractivity contribution in [3.05, 3.63) is 87.4 Å². The van der Waals surface area contributed by atoms with Crippen LogP contribution in [0.3, 0.4) is 0 Å². The minimum atomic E-state index is -0.842. The first-order chi connectivity index (χ1) is 15.5. The van der Waals surface area contributed by atoms with Crippen LogP contribution in [0.5, 0.6) is 0 Å². The first-order valence-electron chi connectivity index (χ1n) is 10.1. The molecule has 1 aliphatic heterocycles. The third-order valence-electron chi connectivity index (χ3n) is 5.53. The van der Waals surface area contributed by atoms with Crippen LogP contribution in [0.4, 0.5) is 4.79 Å². The highest BCUT2D eigenvalue weighted by Crippen LogP contribution is 2.39. The van der Waals surface area contributed by atoms with Crippen LogP contribution in [0.25, 0.3) is 0 Å². The lowest BCUT2D eigenvalue weighted by Crippen LogP contribution is -2.52. The largest absolute Gasteiger partial charge is 0.467 e. The smallest absolute Gasteiger partial charge is 0.328 e. The fourth-order valence-corrected chi connectivity index (χ4v) is 4.37. The molecule has 1 aromatic heterocycles. The van der Waals surface area contributed by atoms with Gasteiger partial charge in [0.05, 0.1) is 29.2 Å². The normalized spacial score (nSPS) is 16.2. The number of halogens is 2. The maximum absolute atomic E-state index is 13.4. The van der Waals surface area contributed by atoms with Gasteiger partial charge in [0.1, 0.15) is 12.1 Å². The summed E-state index contributed by atoms with van der Waals surface area (Å²) in [5.41, 5.74) is 3.21. The Morgan fingerprint density at radius 1 is 1.22 bits per heavy atom. The van der Waals surface area contributed by atoms with E-state index >= 15 is 0 Å². The number of amides is 2. The molecule has 3 aromatic rings. The Morgan fingerprint density at radius 3 is 2.75 bits per heavy atom. The van der Waals surface area contributed by atoms with Crippen LogP contribution in [0, 0.1) is 0 Å². The van der Waals surface area contributed by atoms with Crippen molar-refractivity contribution in [2.75, 3.05) is 13.7 Å². The number of hydrogen-bond donors (Lipinski definition) is 2. The van der Waals surface area contributed by atoms with Crippen LogP contribution in [0.2, 0.25) is 10.0 Å². The lowest BCUT2D eigenvalue weighted by Gasteiger charge is -2.36. The molecule has 0 bridgehead atoms. The molecule has 166 valence electrons. The van der Waals surface area contributed by atoms with E-state index < -0.39 is 24.1 Å². The van der Waals surface area contributed by atoms with E-state index in [1.807, 2.05) is 36.4 Å². The van der Waals surface area contributed by atoms with Crippen LogP contribution >= 0.6 is 23.2 Å². The number of urea groups is 1. The molecule has 0 unspecified atom stereocenters.